The van der Waals surface area contributed by atoms with Gasteiger partial charge in [0.25, 0.3) is 0 Å². The predicted octanol–water partition coefficient (Wildman–Crippen LogP) is 1.91. The maximum atomic E-state index is 12.4. The van der Waals surface area contributed by atoms with Crippen molar-refractivity contribution in [1.29, 1.82) is 0 Å². The first-order chi connectivity index (χ1) is 11.5. The van der Waals surface area contributed by atoms with E-state index in [4.69, 9.17) is 17.3 Å². The van der Waals surface area contributed by atoms with E-state index in [1.165, 1.54) is 6.20 Å². The maximum Gasteiger partial charge on any atom is 0.321 e. The molecule has 2 heterocycles. The quantitative estimate of drug-likeness (QED) is 0.771. The zero-order chi connectivity index (χ0) is 17.3. The van der Waals surface area contributed by atoms with Gasteiger partial charge in [0.15, 0.2) is 0 Å². The Morgan fingerprint density at radius 3 is 2.67 bits per heavy atom. The topological polar surface area (TPSA) is 108 Å². The van der Waals surface area contributed by atoms with Crippen LogP contribution in [0.15, 0.2) is 29.2 Å². The van der Waals surface area contributed by atoms with Crippen molar-refractivity contribution < 1.29 is 9.59 Å². The van der Waals surface area contributed by atoms with Crippen molar-refractivity contribution in [2.75, 3.05) is 18.4 Å². The molecular formula is C16H17ClN4O3. The minimum atomic E-state index is -0.364. The Bertz CT molecular complexity index is 856. The van der Waals surface area contributed by atoms with Crippen molar-refractivity contribution in [2.45, 2.75) is 12.8 Å². The highest BCUT2D eigenvalue weighted by molar-refractivity contribution is 6.31. The Kier molecular flexibility index (Phi) is 4.44. The van der Waals surface area contributed by atoms with E-state index in [9.17, 15) is 14.4 Å². The summed E-state index contributed by atoms with van der Waals surface area (Å²) in [4.78, 5) is 40.4. The third-order valence-electron chi connectivity index (χ3n) is 4.27. The number of primary amides is 1. The van der Waals surface area contributed by atoms with Gasteiger partial charge >= 0.3 is 6.03 Å². The van der Waals surface area contributed by atoms with E-state index >= 15 is 0 Å². The molecule has 1 aromatic heterocycles. The lowest BCUT2D eigenvalue weighted by atomic mass is 9.96. The number of amides is 3. The molecule has 24 heavy (non-hydrogen) atoms. The molecule has 0 radical (unpaired) electrons. The number of nitrogens with zero attached hydrogens (tertiary/aromatic N) is 1. The lowest BCUT2D eigenvalue weighted by Gasteiger charge is -2.30. The van der Waals surface area contributed by atoms with Crippen molar-refractivity contribution in [2.24, 2.45) is 11.7 Å². The molecule has 1 aromatic carbocycles. The van der Waals surface area contributed by atoms with Crippen LogP contribution in [0.3, 0.4) is 0 Å². The summed E-state index contributed by atoms with van der Waals surface area (Å²) in [6.07, 6.45) is 2.53. The first-order valence-corrected chi connectivity index (χ1v) is 7.99. The number of hydrogen-bond donors (Lipinski definition) is 3. The van der Waals surface area contributed by atoms with E-state index < -0.39 is 0 Å². The number of nitrogens with two attached hydrogens (primary N) is 1. The number of pyridine rings is 1. The smallest absolute Gasteiger partial charge is 0.321 e. The predicted molar refractivity (Wildman–Crippen MR) is 92.1 cm³/mol. The number of piperidine rings is 1. The van der Waals surface area contributed by atoms with E-state index in [0.717, 1.165) is 0 Å². The molecule has 0 aliphatic carbocycles. The average Bonchev–Trinajstić information content (AvgIpc) is 2.57. The van der Waals surface area contributed by atoms with Crippen molar-refractivity contribution in [3.8, 4) is 0 Å². The molecule has 0 atom stereocenters. The van der Waals surface area contributed by atoms with Crippen LogP contribution < -0.4 is 16.5 Å². The fourth-order valence-electron chi connectivity index (χ4n) is 2.85. The zero-order valence-corrected chi connectivity index (χ0v) is 13.6. The summed E-state index contributed by atoms with van der Waals surface area (Å²) in [5.74, 6) is -0.525. The summed E-state index contributed by atoms with van der Waals surface area (Å²) >= 11 is 5.90. The molecular weight excluding hydrogens is 332 g/mol. The van der Waals surface area contributed by atoms with Crippen molar-refractivity contribution >= 4 is 40.1 Å². The highest BCUT2D eigenvalue weighted by atomic mass is 35.5. The van der Waals surface area contributed by atoms with Crippen molar-refractivity contribution in [3.63, 3.8) is 0 Å². The van der Waals surface area contributed by atoms with Gasteiger partial charge in [0, 0.05) is 35.6 Å². The van der Waals surface area contributed by atoms with Crippen LogP contribution in [0.5, 0.6) is 0 Å². The van der Waals surface area contributed by atoms with E-state index in [0.29, 0.717) is 41.9 Å². The number of urea groups is 1. The lowest BCUT2D eigenvalue weighted by molar-refractivity contribution is -0.122. The second-order valence-electron chi connectivity index (χ2n) is 5.82. The summed E-state index contributed by atoms with van der Waals surface area (Å²) < 4.78 is 0. The number of aromatic amines is 1. The molecule has 0 spiro atoms. The van der Waals surface area contributed by atoms with Crippen LogP contribution >= 0.6 is 11.6 Å². The highest BCUT2D eigenvalue weighted by Crippen LogP contribution is 2.19. The van der Waals surface area contributed by atoms with Crippen LogP contribution in [0.2, 0.25) is 5.02 Å². The first-order valence-electron chi connectivity index (χ1n) is 7.62. The fraction of sp³-hybridized carbons (Fsp3) is 0.312. The van der Waals surface area contributed by atoms with E-state index in [2.05, 4.69) is 10.3 Å². The Balaban J connectivity index is 1.74. The molecule has 4 N–H and O–H groups in total. The van der Waals surface area contributed by atoms with Gasteiger partial charge in [-0.15, -0.1) is 0 Å². The lowest BCUT2D eigenvalue weighted by Crippen LogP contribution is -2.44. The Hall–Kier alpha value is -2.54. The van der Waals surface area contributed by atoms with Crippen LogP contribution in [-0.4, -0.2) is 34.9 Å². The number of likely N-dealkylation sites (tertiary alicyclic amines) is 1. The standard InChI is InChI=1S/C16H17ClN4O3/c17-10-1-2-11-12(7-10)19-8-13(14(11)22)20-16(24)21-5-3-9(4-6-21)15(18)23/h1-2,7-9H,3-6H2,(H2,18,23)(H,19,22)(H,20,24). The van der Waals surface area contributed by atoms with Crippen molar-refractivity contribution in [3.05, 3.63) is 39.6 Å². The minimum Gasteiger partial charge on any atom is -0.369 e. The Morgan fingerprint density at radius 1 is 1.29 bits per heavy atom. The molecule has 7 nitrogen and oxygen atoms in total. The highest BCUT2D eigenvalue weighted by Gasteiger charge is 2.26. The molecule has 1 fully saturated rings. The molecule has 1 aliphatic heterocycles. The van der Waals surface area contributed by atoms with Crippen molar-refractivity contribution in [1.82, 2.24) is 9.88 Å². The number of anilines is 1. The number of benzene rings is 1. The molecule has 3 amide bonds. The number of halogens is 1. The second kappa shape index (κ2) is 6.52. The molecule has 0 bridgehead atoms. The van der Waals surface area contributed by atoms with Gasteiger partial charge in [-0.1, -0.05) is 11.6 Å². The van der Waals surface area contributed by atoms with E-state index in [1.54, 1.807) is 23.1 Å². The van der Waals surface area contributed by atoms with Gasteiger partial charge in [0.1, 0.15) is 5.69 Å². The molecule has 0 saturated carbocycles. The van der Waals surface area contributed by atoms with Gasteiger partial charge in [-0.3, -0.25) is 9.59 Å². The van der Waals surface area contributed by atoms with Gasteiger partial charge in [0.2, 0.25) is 11.3 Å². The van der Waals surface area contributed by atoms with Crippen LogP contribution in [0.25, 0.3) is 10.9 Å². The third kappa shape index (κ3) is 3.21. The summed E-state index contributed by atoms with van der Waals surface area (Å²) in [5, 5.41) is 3.59. The van der Waals surface area contributed by atoms with Gasteiger partial charge in [0.05, 0.1) is 5.52 Å². The van der Waals surface area contributed by atoms with E-state index in [1.807, 2.05) is 0 Å². The monoisotopic (exact) mass is 348 g/mol. The van der Waals surface area contributed by atoms with Gasteiger partial charge in [-0.05, 0) is 31.0 Å². The van der Waals surface area contributed by atoms with Crippen LogP contribution in [-0.2, 0) is 4.79 Å². The van der Waals surface area contributed by atoms with Gasteiger partial charge in [-0.25, -0.2) is 4.79 Å². The SMILES string of the molecule is NC(=O)C1CCN(C(=O)Nc2c[nH]c3cc(Cl)ccc3c2=O)CC1. The fourth-order valence-corrected chi connectivity index (χ4v) is 3.02. The summed E-state index contributed by atoms with van der Waals surface area (Å²) in [6, 6.07) is 4.53. The second-order valence-corrected chi connectivity index (χ2v) is 6.25. The third-order valence-corrected chi connectivity index (χ3v) is 4.50. The zero-order valence-electron chi connectivity index (χ0n) is 12.8. The van der Waals surface area contributed by atoms with E-state index in [-0.39, 0.29) is 29.0 Å². The summed E-state index contributed by atoms with van der Waals surface area (Å²) in [6.45, 7) is 0.862. The van der Waals surface area contributed by atoms with Gasteiger partial charge < -0.3 is 20.9 Å². The normalized spacial score (nSPS) is 15.5. The molecule has 8 heteroatoms. The number of aromatic nitrogens is 1. The molecule has 1 aliphatic rings. The molecule has 0 unspecified atom stereocenters. The number of H-pyrrole nitrogens is 1. The van der Waals surface area contributed by atoms with Crippen LogP contribution in [0, 0.1) is 5.92 Å². The maximum absolute atomic E-state index is 12.4. The summed E-state index contributed by atoms with van der Waals surface area (Å²) in [7, 11) is 0. The summed E-state index contributed by atoms with van der Waals surface area (Å²) in [5.41, 5.74) is 5.78. The Labute approximate surface area is 142 Å². The number of hydrogen-bond acceptors (Lipinski definition) is 3. The van der Waals surface area contributed by atoms with Crippen LogP contribution in [0.4, 0.5) is 10.5 Å². The largest absolute Gasteiger partial charge is 0.369 e. The molecule has 1 saturated heterocycles. The molecule has 3 rings (SSSR count). The number of rotatable bonds is 2. The number of carbonyl (C=O) groups is 2. The first kappa shape index (κ1) is 16.3. The number of fused-ring (bicyclic) bond motifs is 1. The minimum absolute atomic E-state index is 0.173. The number of nitrogens with one attached hydrogen (secondary N) is 2. The number of carbonyl (C=O) groups excluding carboxylic acids is 2. The molecule has 126 valence electrons. The van der Waals surface area contributed by atoms with Gasteiger partial charge in [-0.2, -0.15) is 0 Å². The Morgan fingerprint density at radius 2 is 2.00 bits per heavy atom. The molecule has 2 aromatic rings. The van der Waals surface area contributed by atoms with Crippen LogP contribution in [0.1, 0.15) is 12.8 Å². The average molecular weight is 349 g/mol.